The van der Waals surface area contributed by atoms with Crippen LogP contribution < -0.4 is 15.8 Å². The molecule has 2 aliphatic rings. The first kappa shape index (κ1) is 26.5. The number of aromatic nitrogens is 3. The molecule has 0 radical (unpaired) electrons. The first-order valence-corrected chi connectivity index (χ1v) is 13.3. The normalized spacial score (nSPS) is 18.7. The zero-order chi connectivity index (χ0) is 27.7. The molecular formula is C28H34N6O5. The topological polar surface area (TPSA) is 119 Å². The Labute approximate surface area is 226 Å². The van der Waals surface area contributed by atoms with Gasteiger partial charge in [0.15, 0.2) is 0 Å². The van der Waals surface area contributed by atoms with E-state index in [4.69, 9.17) is 9.72 Å². The van der Waals surface area contributed by atoms with E-state index in [9.17, 15) is 19.2 Å². The smallest absolute Gasteiger partial charge is 0.414 e. The van der Waals surface area contributed by atoms with E-state index in [1.807, 2.05) is 29.7 Å². The number of amides is 3. The van der Waals surface area contributed by atoms with Crippen LogP contribution in [0.15, 0.2) is 41.3 Å². The summed E-state index contributed by atoms with van der Waals surface area (Å²) in [4.78, 5) is 58.2. The van der Waals surface area contributed by atoms with Gasteiger partial charge in [-0.25, -0.2) is 9.78 Å². The first-order chi connectivity index (χ1) is 18.8. The lowest BCUT2D eigenvalue weighted by Crippen LogP contribution is -2.42. The molecule has 2 aliphatic heterocycles. The van der Waals surface area contributed by atoms with Crippen LogP contribution in [-0.2, 0) is 40.3 Å². The van der Waals surface area contributed by atoms with Crippen molar-refractivity contribution in [2.45, 2.75) is 64.7 Å². The van der Waals surface area contributed by atoms with Crippen molar-refractivity contribution in [3.05, 3.63) is 58.3 Å². The van der Waals surface area contributed by atoms with Crippen LogP contribution in [0.4, 0.5) is 10.5 Å². The van der Waals surface area contributed by atoms with Crippen molar-refractivity contribution in [1.82, 2.24) is 24.3 Å². The third-order valence-corrected chi connectivity index (χ3v) is 7.68. The van der Waals surface area contributed by atoms with E-state index in [0.29, 0.717) is 31.9 Å². The third-order valence-electron chi connectivity index (χ3n) is 7.68. The van der Waals surface area contributed by atoms with Crippen molar-refractivity contribution in [3.63, 3.8) is 0 Å². The number of anilines is 1. The van der Waals surface area contributed by atoms with Gasteiger partial charge in [-0.15, -0.1) is 0 Å². The van der Waals surface area contributed by atoms with Crippen LogP contribution in [0.5, 0.6) is 0 Å². The van der Waals surface area contributed by atoms with Crippen LogP contribution >= 0.6 is 0 Å². The molecule has 2 aromatic heterocycles. The minimum Gasteiger partial charge on any atom is -0.452 e. The second kappa shape index (κ2) is 10.9. The van der Waals surface area contributed by atoms with Crippen LogP contribution in [0.25, 0.3) is 11.0 Å². The molecule has 11 heteroatoms. The molecule has 5 rings (SSSR count). The van der Waals surface area contributed by atoms with Crippen LogP contribution in [0, 0.1) is 0 Å². The number of ether oxygens (including phenoxy) is 1. The fourth-order valence-corrected chi connectivity index (χ4v) is 5.71. The number of nitrogens with one attached hydrogen (secondary N) is 1. The lowest BCUT2D eigenvalue weighted by molar-refractivity contribution is -0.131. The molecule has 0 unspecified atom stereocenters. The zero-order valence-corrected chi connectivity index (χ0v) is 22.6. The van der Waals surface area contributed by atoms with Crippen molar-refractivity contribution in [1.29, 1.82) is 0 Å². The Balaban J connectivity index is 1.50. The molecule has 11 nitrogen and oxygen atoms in total. The summed E-state index contributed by atoms with van der Waals surface area (Å²) in [7, 11) is 1.38. The van der Waals surface area contributed by atoms with Crippen LogP contribution in [0.3, 0.4) is 0 Å². The maximum Gasteiger partial charge on any atom is 0.414 e. The minimum absolute atomic E-state index is 0.0118. The van der Waals surface area contributed by atoms with Crippen LogP contribution in [0.1, 0.15) is 38.1 Å². The van der Waals surface area contributed by atoms with E-state index in [0.717, 1.165) is 41.5 Å². The van der Waals surface area contributed by atoms with Gasteiger partial charge in [-0.2, -0.15) is 0 Å². The summed E-state index contributed by atoms with van der Waals surface area (Å²) in [6.45, 7) is 5.04. The molecule has 0 bridgehead atoms. The Kier molecular flexibility index (Phi) is 7.40. The van der Waals surface area contributed by atoms with Gasteiger partial charge in [0.25, 0.3) is 5.56 Å². The third kappa shape index (κ3) is 5.25. The fraction of sp³-hybridized carbons (Fsp3) is 0.464. The molecule has 1 saturated heterocycles. The fourth-order valence-electron chi connectivity index (χ4n) is 5.71. The Morgan fingerprint density at radius 1 is 1.15 bits per heavy atom. The van der Waals surface area contributed by atoms with E-state index < -0.39 is 6.09 Å². The molecule has 0 aliphatic carbocycles. The second-order valence-corrected chi connectivity index (χ2v) is 10.3. The Bertz CT molecular complexity index is 1480. The summed E-state index contributed by atoms with van der Waals surface area (Å²) >= 11 is 0. The van der Waals surface area contributed by atoms with Crippen molar-refractivity contribution in [2.75, 3.05) is 25.1 Å². The number of likely N-dealkylation sites (tertiary alicyclic amines) is 1. The highest BCUT2D eigenvalue weighted by Gasteiger charge is 2.32. The molecule has 39 heavy (non-hydrogen) atoms. The number of carbonyl (C=O) groups excluding carboxylic acids is 3. The van der Waals surface area contributed by atoms with Gasteiger partial charge < -0.3 is 24.1 Å². The zero-order valence-electron chi connectivity index (χ0n) is 22.6. The molecule has 2 atom stereocenters. The highest BCUT2D eigenvalue weighted by molar-refractivity contribution is 5.95. The van der Waals surface area contributed by atoms with Gasteiger partial charge in [-0.1, -0.05) is 6.07 Å². The highest BCUT2D eigenvalue weighted by atomic mass is 16.5. The molecule has 1 aromatic carbocycles. The molecule has 0 saturated carbocycles. The quantitative estimate of drug-likeness (QED) is 0.517. The molecule has 1 fully saturated rings. The molecule has 0 spiro atoms. The van der Waals surface area contributed by atoms with Crippen molar-refractivity contribution in [2.24, 2.45) is 0 Å². The summed E-state index contributed by atoms with van der Waals surface area (Å²) in [5.41, 5.74) is 3.20. The second-order valence-electron chi connectivity index (χ2n) is 10.3. The number of hydrogen-bond donors (Lipinski definition) is 1. The van der Waals surface area contributed by atoms with Gasteiger partial charge >= 0.3 is 6.09 Å². The molecule has 1 N–H and O–H groups in total. The predicted molar refractivity (Wildman–Crippen MR) is 146 cm³/mol. The summed E-state index contributed by atoms with van der Waals surface area (Å²) in [5, 5.41) is 2.90. The van der Waals surface area contributed by atoms with E-state index >= 15 is 0 Å². The van der Waals surface area contributed by atoms with Gasteiger partial charge in [-0.3, -0.25) is 19.3 Å². The number of rotatable bonds is 6. The number of fused-ring (bicyclic) bond motifs is 3. The number of pyridine rings is 1. The number of nitrogens with zero attached hydrogens (tertiary/aromatic N) is 5. The Morgan fingerprint density at radius 3 is 2.72 bits per heavy atom. The van der Waals surface area contributed by atoms with E-state index in [2.05, 4.69) is 5.32 Å². The lowest BCUT2D eigenvalue weighted by Gasteiger charge is -2.34. The number of hydrogen-bond acceptors (Lipinski definition) is 6. The van der Waals surface area contributed by atoms with Gasteiger partial charge in [0.1, 0.15) is 12.4 Å². The van der Waals surface area contributed by atoms with E-state index in [1.54, 1.807) is 26.6 Å². The number of aryl methyl sites for hydroxylation is 3. The predicted octanol–water partition coefficient (Wildman–Crippen LogP) is 2.09. The number of carbonyl (C=O) groups is 3. The highest BCUT2D eigenvalue weighted by Crippen LogP contribution is 2.36. The molecule has 206 valence electrons. The average molecular weight is 535 g/mol. The summed E-state index contributed by atoms with van der Waals surface area (Å²) < 4.78 is 8.61. The largest absolute Gasteiger partial charge is 0.452 e. The lowest BCUT2D eigenvalue weighted by atomic mass is 9.96. The maximum atomic E-state index is 13.4. The van der Waals surface area contributed by atoms with Crippen molar-refractivity contribution in [3.8, 4) is 0 Å². The minimum atomic E-state index is -0.413. The SMILES string of the molecule is COC(=O)N1c2ccc3c(nc(CCn4ccccc4=O)n3CC(=O)N3CC[C@@H](NC(C)=O)C3)c2CC[C@@H]1C. The summed E-state index contributed by atoms with van der Waals surface area (Å²) in [6.07, 6.45) is 4.00. The summed E-state index contributed by atoms with van der Waals surface area (Å²) in [5.74, 6) is 0.541. The van der Waals surface area contributed by atoms with Gasteiger partial charge in [0, 0.05) is 62.9 Å². The number of benzene rings is 1. The van der Waals surface area contributed by atoms with Gasteiger partial charge in [-0.05, 0) is 44.4 Å². The molecule has 3 aromatic rings. The standard InChI is InChI=1S/C28H34N6O5/c1-18-7-8-21-22(34(18)28(38)39-3)9-10-23-27(21)30-24(12-15-31-13-5-4-6-25(31)36)33(23)17-26(37)32-14-11-20(16-32)29-19(2)35/h4-6,9-10,13,18,20H,7-8,11-12,14-17H2,1-3H3,(H,29,35)/t18-,20+/m0/s1. The van der Waals surface area contributed by atoms with Gasteiger partial charge in [0.2, 0.25) is 11.8 Å². The maximum absolute atomic E-state index is 13.4. The molecule has 3 amide bonds. The van der Waals surface area contributed by atoms with Crippen molar-refractivity contribution < 1.29 is 19.1 Å². The number of imidazole rings is 1. The van der Waals surface area contributed by atoms with Crippen molar-refractivity contribution >= 4 is 34.6 Å². The van der Waals surface area contributed by atoms with E-state index in [-0.39, 0.29) is 36.0 Å². The monoisotopic (exact) mass is 534 g/mol. The average Bonchev–Trinajstić information content (AvgIpc) is 3.52. The Hall–Kier alpha value is -4.15. The van der Waals surface area contributed by atoms with E-state index in [1.165, 1.54) is 20.1 Å². The molecular weight excluding hydrogens is 500 g/mol. The number of methoxy groups -OCH3 is 1. The van der Waals surface area contributed by atoms with Gasteiger partial charge in [0.05, 0.1) is 23.8 Å². The molecule has 4 heterocycles. The van der Waals surface area contributed by atoms with Crippen LogP contribution in [-0.4, -0.2) is 69.2 Å². The summed E-state index contributed by atoms with van der Waals surface area (Å²) in [6, 6.07) is 8.79. The Morgan fingerprint density at radius 2 is 1.97 bits per heavy atom. The first-order valence-electron chi connectivity index (χ1n) is 13.3. The van der Waals surface area contributed by atoms with Crippen LogP contribution in [0.2, 0.25) is 0 Å².